The van der Waals surface area contributed by atoms with Gasteiger partial charge in [0.25, 0.3) is 5.56 Å². The summed E-state index contributed by atoms with van der Waals surface area (Å²) >= 11 is 0. The molecule has 0 aliphatic heterocycles. The summed E-state index contributed by atoms with van der Waals surface area (Å²) in [5, 5.41) is 4.21. The van der Waals surface area contributed by atoms with Gasteiger partial charge in [-0.05, 0) is 43.2 Å². The minimum absolute atomic E-state index is 0.103. The number of hydrogen-bond donors (Lipinski definition) is 2. The number of fused-ring (bicyclic) bond motifs is 1. The SMILES string of the molecule is Cc1cn(-c2ccc(Cc3nc4cc(N)c(C(F)(F)F)cc4c(=O)[nH]3)cn2)nc1C. The molecule has 0 aliphatic rings. The average Bonchev–Trinajstić information content (AvgIpc) is 2.99. The Morgan fingerprint density at radius 3 is 2.57 bits per heavy atom. The summed E-state index contributed by atoms with van der Waals surface area (Å²) in [6, 6.07) is 5.40. The molecule has 7 nitrogen and oxygen atoms in total. The van der Waals surface area contributed by atoms with Gasteiger partial charge in [-0.15, -0.1) is 0 Å². The van der Waals surface area contributed by atoms with Crippen LogP contribution in [0.4, 0.5) is 18.9 Å². The summed E-state index contributed by atoms with van der Waals surface area (Å²) in [7, 11) is 0. The van der Waals surface area contributed by atoms with E-state index in [0.29, 0.717) is 11.6 Å². The largest absolute Gasteiger partial charge is 0.418 e. The van der Waals surface area contributed by atoms with Gasteiger partial charge in [-0.25, -0.2) is 14.6 Å². The lowest BCUT2D eigenvalue weighted by atomic mass is 10.1. The molecule has 3 heterocycles. The van der Waals surface area contributed by atoms with E-state index < -0.39 is 23.0 Å². The Bertz CT molecular complexity index is 1290. The zero-order chi connectivity index (χ0) is 21.6. The Labute approximate surface area is 168 Å². The van der Waals surface area contributed by atoms with Gasteiger partial charge in [0.1, 0.15) is 5.82 Å². The first-order chi connectivity index (χ1) is 14.1. The smallest absolute Gasteiger partial charge is 0.398 e. The predicted molar refractivity (Wildman–Crippen MR) is 105 cm³/mol. The standard InChI is InChI=1S/C20H17F3N6O/c1-10-9-29(28-11(10)2)18-4-3-12(8-25-18)5-17-26-16-7-15(24)14(20(21,22)23)6-13(16)19(30)27-17/h3-4,6-9H,5,24H2,1-2H3,(H,26,27,30). The number of nitrogens with zero attached hydrogens (tertiary/aromatic N) is 4. The molecule has 4 aromatic rings. The van der Waals surface area contributed by atoms with Crippen molar-refractivity contribution >= 4 is 16.6 Å². The Kier molecular flexibility index (Phi) is 4.56. The molecule has 0 aliphatic carbocycles. The molecule has 0 spiro atoms. The van der Waals surface area contributed by atoms with Crippen LogP contribution in [0.3, 0.4) is 0 Å². The van der Waals surface area contributed by atoms with E-state index in [4.69, 9.17) is 5.73 Å². The van der Waals surface area contributed by atoms with Gasteiger partial charge in [0.15, 0.2) is 5.82 Å². The number of anilines is 1. The number of pyridine rings is 1. The van der Waals surface area contributed by atoms with Crippen molar-refractivity contribution in [3.05, 3.63) is 75.2 Å². The van der Waals surface area contributed by atoms with Gasteiger partial charge >= 0.3 is 6.18 Å². The minimum Gasteiger partial charge on any atom is -0.398 e. The van der Waals surface area contributed by atoms with Crippen LogP contribution in [0, 0.1) is 13.8 Å². The normalized spacial score (nSPS) is 11.9. The highest BCUT2D eigenvalue weighted by atomic mass is 19.4. The number of nitrogens with two attached hydrogens (primary N) is 1. The summed E-state index contributed by atoms with van der Waals surface area (Å²) in [6.45, 7) is 3.87. The van der Waals surface area contributed by atoms with Crippen molar-refractivity contribution in [3.63, 3.8) is 0 Å². The summed E-state index contributed by atoms with van der Waals surface area (Å²) in [4.78, 5) is 23.5. The van der Waals surface area contributed by atoms with Crippen LogP contribution in [0.1, 0.15) is 28.2 Å². The molecular formula is C20H17F3N6O. The van der Waals surface area contributed by atoms with Gasteiger partial charge in [-0.3, -0.25) is 4.79 Å². The summed E-state index contributed by atoms with van der Waals surface area (Å²) in [5.74, 6) is 0.939. The van der Waals surface area contributed by atoms with Crippen molar-refractivity contribution in [1.29, 1.82) is 0 Å². The van der Waals surface area contributed by atoms with Crippen molar-refractivity contribution < 1.29 is 13.2 Å². The first-order valence-electron chi connectivity index (χ1n) is 8.99. The Morgan fingerprint density at radius 2 is 1.97 bits per heavy atom. The second-order valence-electron chi connectivity index (χ2n) is 7.01. The molecule has 3 N–H and O–H groups in total. The van der Waals surface area contributed by atoms with E-state index in [1.807, 2.05) is 26.1 Å². The molecule has 0 amide bonds. The van der Waals surface area contributed by atoms with Crippen molar-refractivity contribution in [3.8, 4) is 5.82 Å². The molecule has 0 unspecified atom stereocenters. The maximum absolute atomic E-state index is 13.0. The first-order valence-corrected chi connectivity index (χ1v) is 8.99. The number of rotatable bonds is 3. The van der Waals surface area contributed by atoms with Gasteiger partial charge in [-0.1, -0.05) is 6.07 Å². The number of nitrogens with one attached hydrogen (secondary N) is 1. The van der Waals surface area contributed by atoms with E-state index in [9.17, 15) is 18.0 Å². The van der Waals surface area contributed by atoms with Crippen molar-refractivity contribution in [1.82, 2.24) is 24.7 Å². The quantitative estimate of drug-likeness (QED) is 0.501. The van der Waals surface area contributed by atoms with E-state index in [1.165, 1.54) is 0 Å². The van der Waals surface area contributed by atoms with Crippen LogP contribution in [0.25, 0.3) is 16.7 Å². The zero-order valence-corrected chi connectivity index (χ0v) is 16.1. The topological polar surface area (TPSA) is 102 Å². The van der Waals surface area contributed by atoms with Gasteiger partial charge in [0, 0.05) is 24.5 Å². The molecule has 0 saturated carbocycles. The second kappa shape index (κ2) is 6.97. The van der Waals surface area contributed by atoms with Crippen LogP contribution in [0.2, 0.25) is 0 Å². The second-order valence-corrected chi connectivity index (χ2v) is 7.01. The number of nitrogen functional groups attached to an aromatic ring is 1. The molecular weight excluding hydrogens is 397 g/mol. The van der Waals surface area contributed by atoms with Gasteiger partial charge < -0.3 is 10.7 Å². The monoisotopic (exact) mass is 414 g/mol. The molecule has 0 saturated heterocycles. The highest BCUT2D eigenvalue weighted by Gasteiger charge is 2.33. The van der Waals surface area contributed by atoms with Gasteiger partial charge in [0.05, 0.1) is 22.2 Å². The fourth-order valence-corrected chi connectivity index (χ4v) is 3.09. The summed E-state index contributed by atoms with van der Waals surface area (Å²) in [5.41, 5.74) is 6.15. The number of aromatic amines is 1. The highest BCUT2D eigenvalue weighted by Crippen LogP contribution is 2.35. The number of halogens is 3. The van der Waals surface area contributed by atoms with E-state index in [0.717, 1.165) is 29.0 Å². The van der Waals surface area contributed by atoms with Gasteiger partial charge in [-0.2, -0.15) is 18.3 Å². The van der Waals surface area contributed by atoms with Crippen molar-refractivity contribution in [2.24, 2.45) is 0 Å². The van der Waals surface area contributed by atoms with Crippen molar-refractivity contribution in [2.75, 3.05) is 5.73 Å². The molecule has 30 heavy (non-hydrogen) atoms. The molecule has 0 atom stereocenters. The minimum atomic E-state index is -4.65. The van der Waals surface area contributed by atoms with Crippen LogP contribution in [-0.2, 0) is 12.6 Å². The maximum Gasteiger partial charge on any atom is 0.418 e. The van der Waals surface area contributed by atoms with E-state index >= 15 is 0 Å². The average molecular weight is 414 g/mol. The lowest BCUT2D eigenvalue weighted by Crippen LogP contribution is -2.15. The van der Waals surface area contributed by atoms with Gasteiger partial charge in [0.2, 0.25) is 0 Å². The van der Waals surface area contributed by atoms with Crippen LogP contribution in [0.5, 0.6) is 0 Å². The van der Waals surface area contributed by atoms with E-state index in [-0.39, 0.29) is 17.3 Å². The zero-order valence-electron chi connectivity index (χ0n) is 16.1. The van der Waals surface area contributed by atoms with Crippen LogP contribution in [-0.4, -0.2) is 24.7 Å². The number of H-pyrrole nitrogens is 1. The van der Waals surface area contributed by atoms with Crippen LogP contribution < -0.4 is 11.3 Å². The first kappa shape index (κ1) is 19.6. The number of aryl methyl sites for hydroxylation is 2. The molecule has 0 fully saturated rings. The molecule has 4 rings (SSSR count). The number of aromatic nitrogens is 5. The Balaban J connectivity index is 1.64. The third kappa shape index (κ3) is 3.63. The molecule has 10 heteroatoms. The fourth-order valence-electron chi connectivity index (χ4n) is 3.09. The molecule has 154 valence electrons. The number of benzene rings is 1. The lowest BCUT2D eigenvalue weighted by Gasteiger charge is -2.11. The number of hydrogen-bond acceptors (Lipinski definition) is 5. The maximum atomic E-state index is 13.0. The summed E-state index contributed by atoms with van der Waals surface area (Å²) in [6.07, 6.45) is -0.898. The predicted octanol–water partition coefficient (Wildman–Crippen LogP) is 3.31. The Morgan fingerprint density at radius 1 is 1.20 bits per heavy atom. The molecule has 0 radical (unpaired) electrons. The van der Waals surface area contributed by atoms with E-state index in [1.54, 1.807) is 16.9 Å². The summed E-state index contributed by atoms with van der Waals surface area (Å²) < 4.78 is 40.8. The van der Waals surface area contributed by atoms with Crippen LogP contribution >= 0.6 is 0 Å². The third-order valence-electron chi connectivity index (χ3n) is 4.79. The molecule has 0 bridgehead atoms. The van der Waals surface area contributed by atoms with E-state index in [2.05, 4.69) is 20.1 Å². The van der Waals surface area contributed by atoms with Crippen molar-refractivity contribution in [2.45, 2.75) is 26.4 Å². The highest BCUT2D eigenvalue weighted by molar-refractivity contribution is 5.83. The number of alkyl halides is 3. The molecule has 3 aromatic heterocycles. The fraction of sp³-hybridized carbons (Fsp3) is 0.200. The molecule has 1 aromatic carbocycles. The third-order valence-corrected chi connectivity index (χ3v) is 4.79. The van der Waals surface area contributed by atoms with Crippen LogP contribution in [0.15, 0.2) is 41.5 Å². The Hall–Kier alpha value is -3.69. The lowest BCUT2D eigenvalue weighted by molar-refractivity contribution is -0.136.